The van der Waals surface area contributed by atoms with Crippen LogP contribution in [0.3, 0.4) is 0 Å². The third kappa shape index (κ3) is 5.04. The number of hydrogen-bond acceptors (Lipinski definition) is 6. The number of methoxy groups -OCH3 is 1. The molecule has 0 aliphatic heterocycles. The SMILES string of the molecule is COc1ccc(-c2nc(NC(=O)CCS(C)(=O)=O)sc2C)cc1. The van der Waals surface area contributed by atoms with Gasteiger partial charge >= 0.3 is 0 Å². The summed E-state index contributed by atoms with van der Waals surface area (Å²) in [6.07, 6.45) is 1.03. The van der Waals surface area contributed by atoms with Crippen molar-refractivity contribution in [2.75, 3.05) is 24.4 Å². The molecule has 0 aliphatic carbocycles. The van der Waals surface area contributed by atoms with E-state index in [9.17, 15) is 13.2 Å². The van der Waals surface area contributed by atoms with Crippen LogP contribution in [0.5, 0.6) is 5.75 Å². The largest absolute Gasteiger partial charge is 0.497 e. The van der Waals surface area contributed by atoms with Crippen LogP contribution < -0.4 is 10.1 Å². The number of nitrogens with one attached hydrogen (secondary N) is 1. The Morgan fingerprint density at radius 1 is 1.30 bits per heavy atom. The molecule has 0 atom stereocenters. The molecule has 0 spiro atoms. The predicted octanol–water partition coefficient (Wildman–Crippen LogP) is 2.50. The highest BCUT2D eigenvalue weighted by Crippen LogP contribution is 2.31. The maximum absolute atomic E-state index is 11.8. The highest BCUT2D eigenvalue weighted by molar-refractivity contribution is 7.90. The topological polar surface area (TPSA) is 85.4 Å². The molecular weight excluding hydrogens is 336 g/mol. The van der Waals surface area contributed by atoms with Crippen molar-refractivity contribution >= 4 is 32.2 Å². The summed E-state index contributed by atoms with van der Waals surface area (Å²) >= 11 is 1.36. The Morgan fingerprint density at radius 2 is 1.96 bits per heavy atom. The van der Waals surface area contributed by atoms with Gasteiger partial charge in [-0.1, -0.05) is 0 Å². The molecule has 124 valence electrons. The van der Waals surface area contributed by atoms with Gasteiger partial charge in [-0.25, -0.2) is 13.4 Å². The monoisotopic (exact) mass is 354 g/mol. The lowest BCUT2D eigenvalue weighted by Crippen LogP contribution is -2.16. The number of ether oxygens (including phenoxy) is 1. The maximum atomic E-state index is 11.8. The minimum atomic E-state index is -3.15. The zero-order valence-electron chi connectivity index (χ0n) is 13.1. The molecule has 0 radical (unpaired) electrons. The minimum Gasteiger partial charge on any atom is -0.497 e. The molecule has 1 amide bonds. The molecule has 2 rings (SSSR count). The molecule has 0 unspecified atom stereocenters. The van der Waals surface area contributed by atoms with Crippen LogP contribution in [0, 0.1) is 6.92 Å². The molecule has 0 bridgehead atoms. The number of amides is 1. The average Bonchev–Trinajstić information content (AvgIpc) is 2.85. The first kappa shape index (κ1) is 17.4. The molecule has 1 aromatic heterocycles. The highest BCUT2D eigenvalue weighted by atomic mass is 32.2. The number of rotatable bonds is 6. The van der Waals surface area contributed by atoms with Gasteiger partial charge in [0.25, 0.3) is 0 Å². The predicted molar refractivity (Wildman–Crippen MR) is 91.8 cm³/mol. The van der Waals surface area contributed by atoms with Crippen molar-refractivity contribution in [2.24, 2.45) is 0 Å². The second-order valence-electron chi connectivity index (χ2n) is 5.08. The van der Waals surface area contributed by atoms with Gasteiger partial charge in [0.2, 0.25) is 5.91 Å². The Kier molecular flexibility index (Phi) is 5.38. The first-order chi connectivity index (χ1) is 10.8. The molecule has 1 N–H and O–H groups in total. The van der Waals surface area contributed by atoms with Crippen molar-refractivity contribution in [3.05, 3.63) is 29.1 Å². The fraction of sp³-hybridized carbons (Fsp3) is 0.333. The van der Waals surface area contributed by atoms with Gasteiger partial charge in [-0.05, 0) is 31.2 Å². The van der Waals surface area contributed by atoms with Crippen LogP contribution in [0.25, 0.3) is 11.3 Å². The van der Waals surface area contributed by atoms with Gasteiger partial charge in [-0.15, -0.1) is 11.3 Å². The van der Waals surface area contributed by atoms with Crippen LogP contribution in [0.4, 0.5) is 5.13 Å². The van der Waals surface area contributed by atoms with E-state index in [-0.39, 0.29) is 18.1 Å². The molecule has 0 saturated carbocycles. The molecule has 6 nitrogen and oxygen atoms in total. The van der Waals surface area contributed by atoms with E-state index in [1.54, 1.807) is 7.11 Å². The number of nitrogens with zero attached hydrogens (tertiary/aromatic N) is 1. The number of hydrogen-bond donors (Lipinski definition) is 1. The zero-order chi connectivity index (χ0) is 17.0. The van der Waals surface area contributed by atoms with E-state index >= 15 is 0 Å². The van der Waals surface area contributed by atoms with E-state index in [2.05, 4.69) is 10.3 Å². The Balaban J connectivity index is 2.09. The van der Waals surface area contributed by atoms with Gasteiger partial charge in [-0.2, -0.15) is 0 Å². The molecular formula is C15H18N2O4S2. The number of aromatic nitrogens is 1. The van der Waals surface area contributed by atoms with Crippen molar-refractivity contribution < 1.29 is 17.9 Å². The quantitative estimate of drug-likeness (QED) is 0.861. The summed E-state index contributed by atoms with van der Waals surface area (Å²) in [7, 11) is -1.55. The smallest absolute Gasteiger partial charge is 0.227 e. The standard InChI is InChI=1S/C15H18N2O4S2/c1-10-14(11-4-6-12(21-2)7-5-11)17-15(22-10)16-13(18)8-9-23(3,19)20/h4-7H,8-9H2,1-3H3,(H,16,17,18). The summed E-state index contributed by atoms with van der Waals surface area (Å²) in [6, 6.07) is 7.49. The van der Waals surface area contributed by atoms with Gasteiger partial charge in [-0.3, -0.25) is 4.79 Å². The number of anilines is 1. The minimum absolute atomic E-state index is 0.0741. The van der Waals surface area contributed by atoms with Gasteiger partial charge in [0.15, 0.2) is 5.13 Å². The summed E-state index contributed by atoms with van der Waals surface area (Å²) in [5, 5.41) is 3.11. The molecule has 1 heterocycles. The van der Waals surface area contributed by atoms with Gasteiger partial charge in [0.05, 0.1) is 18.6 Å². The molecule has 0 fully saturated rings. The number of sulfone groups is 1. The van der Waals surface area contributed by atoms with Crippen LogP contribution >= 0.6 is 11.3 Å². The Labute approximate surface area is 139 Å². The summed E-state index contributed by atoms with van der Waals surface area (Å²) in [4.78, 5) is 17.2. The second kappa shape index (κ2) is 7.10. The first-order valence-corrected chi connectivity index (χ1v) is 9.75. The fourth-order valence-corrected chi connectivity index (χ4v) is 3.33. The van der Waals surface area contributed by atoms with Crippen molar-refractivity contribution in [1.29, 1.82) is 0 Å². The van der Waals surface area contributed by atoms with Gasteiger partial charge < -0.3 is 10.1 Å². The Morgan fingerprint density at radius 3 is 2.52 bits per heavy atom. The van der Waals surface area contributed by atoms with Gasteiger partial charge in [0, 0.05) is 23.1 Å². The number of thiazole rings is 1. The van der Waals surface area contributed by atoms with Crippen molar-refractivity contribution in [3.63, 3.8) is 0 Å². The fourth-order valence-electron chi connectivity index (χ4n) is 1.93. The van der Waals surface area contributed by atoms with Crippen molar-refractivity contribution in [3.8, 4) is 17.0 Å². The van der Waals surface area contributed by atoms with E-state index < -0.39 is 9.84 Å². The van der Waals surface area contributed by atoms with E-state index in [0.717, 1.165) is 28.1 Å². The highest BCUT2D eigenvalue weighted by Gasteiger charge is 2.13. The number of aryl methyl sites for hydroxylation is 1. The molecule has 8 heteroatoms. The summed E-state index contributed by atoms with van der Waals surface area (Å²) in [5.41, 5.74) is 1.72. The Hall–Kier alpha value is -1.93. The van der Waals surface area contributed by atoms with Crippen LogP contribution in [0.15, 0.2) is 24.3 Å². The maximum Gasteiger partial charge on any atom is 0.227 e. The third-order valence-electron chi connectivity index (χ3n) is 3.11. The Bertz CT molecular complexity index is 795. The van der Waals surface area contributed by atoms with Crippen LogP contribution in [-0.2, 0) is 14.6 Å². The number of benzene rings is 1. The number of carbonyl (C=O) groups is 1. The summed E-state index contributed by atoms with van der Waals surface area (Å²) in [5.74, 6) is 0.232. The average molecular weight is 354 g/mol. The molecule has 23 heavy (non-hydrogen) atoms. The van der Waals surface area contributed by atoms with Crippen LogP contribution in [-0.4, -0.2) is 38.4 Å². The lowest BCUT2D eigenvalue weighted by atomic mass is 10.1. The van der Waals surface area contributed by atoms with Crippen LogP contribution in [0.2, 0.25) is 0 Å². The van der Waals surface area contributed by atoms with E-state index in [0.29, 0.717) is 5.13 Å². The van der Waals surface area contributed by atoms with E-state index in [1.165, 1.54) is 11.3 Å². The van der Waals surface area contributed by atoms with Crippen molar-refractivity contribution in [2.45, 2.75) is 13.3 Å². The molecule has 0 aliphatic rings. The van der Waals surface area contributed by atoms with Gasteiger partial charge in [0.1, 0.15) is 15.6 Å². The molecule has 0 saturated heterocycles. The molecule has 2 aromatic rings. The first-order valence-electron chi connectivity index (χ1n) is 6.88. The normalized spacial score (nSPS) is 11.3. The zero-order valence-corrected chi connectivity index (χ0v) is 14.8. The number of carbonyl (C=O) groups excluding carboxylic acids is 1. The van der Waals surface area contributed by atoms with Crippen LogP contribution in [0.1, 0.15) is 11.3 Å². The summed E-state index contributed by atoms with van der Waals surface area (Å²) in [6.45, 7) is 1.92. The lowest BCUT2D eigenvalue weighted by molar-refractivity contribution is -0.115. The second-order valence-corrected chi connectivity index (χ2v) is 8.54. The lowest BCUT2D eigenvalue weighted by Gasteiger charge is -2.02. The van der Waals surface area contributed by atoms with Crippen molar-refractivity contribution in [1.82, 2.24) is 4.98 Å². The third-order valence-corrected chi connectivity index (χ3v) is 4.94. The van der Waals surface area contributed by atoms with E-state index in [4.69, 9.17) is 4.74 Å². The summed E-state index contributed by atoms with van der Waals surface area (Å²) < 4.78 is 27.3. The molecule has 1 aromatic carbocycles. The van der Waals surface area contributed by atoms with E-state index in [1.807, 2.05) is 31.2 Å².